The van der Waals surface area contributed by atoms with Crippen LogP contribution in [-0.4, -0.2) is 47.6 Å². The van der Waals surface area contributed by atoms with Gasteiger partial charge in [-0.2, -0.15) is 0 Å². The van der Waals surface area contributed by atoms with E-state index in [9.17, 15) is 9.90 Å². The van der Waals surface area contributed by atoms with Crippen molar-refractivity contribution in [2.24, 2.45) is 4.99 Å². The lowest BCUT2D eigenvalue weighted by Crippen LogP contribution is -3.06. The molecule has 0 atom stereocenters. The number of rotatable bonds is 6. The molecule has 7 heteroatoms. The van der Waals surface area contributed by atoms with Gasteiger partial charge in [0, 0.05) is 6.21 Å². The van der Waals surface area contributed by atoms with Crippen molar-refractivity contribution in [2.45, 2.75) is 0 Å². The van der Waals surface area contributed by atoms with E-state index in [0.717, 1.165) is 6.54 Å². The van der Waals surface area contributed by atoms with Crippen LogP contribution in [0.25, 0.3) is 11.4 Å². The molecule has 28 heavy (non-hydrogen) atoms. The SMILES string of the molecule is C[NH+](C)CCN=Cc1c(O)n(-c2ccccc2)c(=S)n(-c2ccccc2)c1=O. The van der Waals surface area contributed by atoms with E-state index < -0.39 is 5.56 Å². The van der Waals surface area contributed by atoms with Gasteiger partial charge in [-0.05, 0) is 36.5 Å². The highest BCUT2D eigenvalue weighted by Gasteiger charge is 2.17. The molecule has 0 unspecified atom stereocenters. The molecule has 1 aromatic heterocycles. The third kappa shape index (κ3) is 4.11. The van der Waals surface area contributed by atoms with Crippen LogP contribution in [0.1, 0.15) is 5.56 Å². The number of aromatic nitrogens is 2. The van der Waals surface area contributed by atoms with Crippen molar-refractivity contribution in [1.82, 2.24) is 9.13 Å². The number of aromatic hydroxyl groups is 1. The van der Waals surface area contributed by atoms with Gasteiger partial charge in [-0.3, -0.25) is 18.9 Å². The Morgan fingerprint density at radius 3 is 2.07 bits per heavy atom. The third-order valence-electron chi connectivity index (χ3n) is 4.26. The molecule has 0 fully saturated rings. The molecule has 2 aromatic carbocycles. The summed E-state index contributed by atoms with van der Waals surface area (Å²) in [5.41, 5.74) is 1.01. The number of hydrogen-bond donors (Lipinski definition) is 2. The van der Waals surface area contributed by atoms with Crippen LogP contribution in [0.2, 0.25) is 0 Å². The first-order valence-electron chi connectivity index (χ1n) is 9.01. The molecule has 0 aliphatic heterocycles. The van der Waals surface area contributed by atoms with Crippen molar-refractivity contribution in [2.75, 3.05) is 27.2 Å². The second kappa shape index (κ2) is 8.77. The molecular formula is C21H23N4O2S+. The van der Waals surface area contributed by atoms with Gasteiger partial charge in [0.2, 0.25) is 5.88 Å². The first-order chi connectivity index (χ1) is 13.5. The first kappa shape index (κ1) is 19.7. The van der Waals surface area contributed by atoms with Crippen molar-refractivity contribution in [1.29, 1.82) is 0 Å². The molecule has 0 saturated carbocycles. The Bertz CT molecular complexity index is 1090. The minimum atomic E-state index is -0.401. The number of likely N-dealkylation sites (N-methyl/N-ethyl adjacent to an activating group) is 1. The fourth-order valence-corrected chi connectivity index (χ4v) is 3.17. The fourth-order valence-electron chi connectivity index (χ4n) is 2.79. The maximum absolute atomic E-state index is 13.1. The average molecular weight is 396 g/mol. The average Bonchev–Trinajstić information content (AvgIpc) is 2.69. The highest BCUT2D eigenvalue weighted by atomic mass is 32.1. The van der Waals surface area contributed by atoms with Gasteiger partial charge >= 0.3 is 0 Å². The first-order valence-corrected chi connectivity index (χ1v) is 9.42. The summed E-state index contributed by atoms with van der Waals surface area (Å²) in [4.78, 5) is 18.7. The molecule has 2 N–H and O–H groups in total. The smallest absolute Gasteiger partial charge is 0.271 e. The molecule has 0 amide bonds. The normalized spacial score (nSPS) is 11.4. The van der Waals surface area contributed by atoms with Gasteiger partial charge in [-0.25, -0.2) is 0 Å². The summed E-state index contributed by atoms with van der Waals surface area (Å²) in [5, 5.41) is 10.9. The van der Waals surface area contributed by atoms with E-state index >= 15 is 0 Å². The molecule has 3 aromatic rings. The number of quaternary nitrogens is 1. The highest BCUT2D eigenvalue weighted by molar-refractivity contribution is 7.71. The standard InChI is InChI=1S/C21H22N4O2S/c1-23(2)14-13-22-15-18-19(26)24(16-9-5-3-6-10-16)21(28)25(20(18)27)17-11-7-4-8-12-17/h3-12,15,26H,13-14H2,1-2H3/p+1. The number of nitrogens with zero attached hydrogens (tertiary/aromatic N) is 3. The zero-order valence-corrected chi connectivity index (χ0v) is 16.7. The summed E-state index contributed by atoms with van der Waals surface area (Å²) in [6.45, 7) is 1.37. The molecule has 0 radical (unpaired) electrons. The van der Waals surface area contributed by atoms with Gasteiger partial charge in [0.15, 0.2) is 4.77 Å². The van der Waals surface area contributed by atoms with Crippen molar-refractivity contribution < 1.29 is 10.0 Å². The lowest BCUT2D eigenvalue weighted by Gasteiger charge is -2.16. The second-order valence-corrected chi connectivity index (χ2v) is 7.02. The van der Waals surface area contributed by atoms with E-state index in [1.807, 2.05) is 62.6 Å². The Hall–Kier alpha value is -3.03. The van der Waals surface area contributed by atoms with Crippen LogP contribution in [0.15, 0.2) is 70.5 Å². The molecule has 1 heterocycles. The van der Waals surface area contributed by atoms with E-state index in [1.165, 1.54) is 20.2 Å². The zero-order valence-electron chi connectivity index (χ0n) is 15.9. The van der Waals surface area contributed by atoms with Crippen LogP contribution in [0.4, 0.5) is 0 Å². The van der Waals surface area contributed by atoms with Crippen LogP contribution in [0.5, 0.6) is 5.88 Å². The van der Waals surface area contributed by atoms with E-state index in [2.05, 4.69) is 4.99 Å². The zero-order chi connectivity index (χ0) is 20.1. The summed E-state index contributed by atoms with van der Waals surface area (Å²) in [7, 11) is 4.06. The van der Waals surface area contributed by atoms with Crippen LogP contribution in [0.3, 0.4) is 0 Å². The summed E-state index contributed by atoms with van der Waals surface area (Å²) in [6.07, 6.45) is 1.44. The molecule has 144 valence electrons. The topological polar surface area (TPSA) is 64.0 Å². The second-order valence-electron chi connectivity index (χ2n) is 6.66. The molecular weight excluding hydrogens is 372 g/mol. The number of hydrogen-bond acceptors (Lipinski definition) is 4. The third-order valence-corrected chi connectivity index (χ3v) is 4.62. The van der Waals surface area contributed by atoms with Crippen LogP contribution >= 0.6 is 12.2 Å². The van der Waals surface area contributed by atoms with Gasteiger partial charge in [0.1, 0.15) is 5.56 Å². The predicted octanol–water partition coefficient (Wildman–Crippen LogP) is 1.63. The van der Waals surface area contributed by atoms with E-state index in [4.69, 9.17) is 12.2 Å². The van der Waals surface area contributed by atoms with Gasteiger partial charge in [0.25, 0.3) is 5.56 Å². The molecule has 3 rings (SSSR count). The summed E-state index contributed by atoms with van der Waals surface area (Å²) >= 11 is 5.58. The summed E-state index contributed by atoms with van der Waals surface area (Å²) < 4.78 is 3.10. The molecule has 0 bridgehead atoms. The number of nitrogens with one attached hydrogen (secondary N) is 1. The van der Waals surface area contributed by atoms with Gasteiger partial charge in [0.05, 0.1) is 38.6 Å². The maximum Gasteiger partial charge on any atom is 0.271 e. The number of benzene rings is 2. The van der Waals surface area contributed by atoms with Gasteiger partial charge < -0.3 is 10.0 Å². The van der Waals surface area contributed by atoms with Crippen molar-refractivity contribution >= 4 is 18.4 Å². The molecule has 0 saturated heterocycles. The Morgan fingerprint density at radius 2 is 1.54 bits per heavy atom. The Balaban J connectivity index is 2.25. The summed E-state index contributed by atoms with van der Waals surface area (Å²) in [5.74, 6) is -0.214. The van der Waals surface area contributed by atoms with Crippen LogP contribution < -0.4 is 10.5 Å². The van der Waals surface area contributed by atoms with Crippen LogP contribution in [0, 0.1) is 4.77 Å². The largest absolute Gasteiger partial charge is 0.494 e. The fraction of sp³-hybridized carbons (Fsp3) is 0.190. The lowest BCUT2D eigenvalue weighted by molar-refractivity contribution is -0.856. The monoisotopic (exact) mass is 395 g/mol. The van der Waals surface area contributed by atoms with Gasteiger partial charge in [-0.1, -0.05) is 36.4 Å². The quantitative estimate of drug-likeness (QED) is 0.493. The molecule has 0 spiro atoms. The Labute approximate surface area is 168 Å². The lowest BCUT2D eigenvalue weighted by atomic mass is 10.2. The van der Waals surface area contributed by atoms with Crippen molar-refractivity contribution in [3.05, 3.63) is 81.4 Å². The minimum Gasteiger partial charge on any atom is -0.494 e. The van der Waals surface area contributed by atoms with Gasteiger partial charge in [-0.15, -0.1) is 0 Å². The molecule has 6 nitrogen and oxygen atoms in total. The minimum absolute atomic E-state index is 0.107. The maximum atomic E-state index is 13.1. The summed E-state index contributed by atoms with van der Waals surface area (Å²) in [6, 6.07) is 18.4. The highest BCUT2D eigenvalue weighted by Crippen LogP contribution is 2.21. The van der Waals surface area contributed by atoms with E-state index in [0.29, 0.717) is 17.9 Å². The van der Waals surface area contributed by atoms with Crippen LogP contribution in [-0.2, 0) is 0 Å². The van der Waals surface area contributed by atoms with E-state index in [-0.39, 0.29) is 16.2 Å². The van der Waals surface area contributed by atoms with E-state index in [1.54, 1.807) is 12.1 Å². The predicted molar refractivity (Wildman–Crippen MR) is 114 cm³/mol. The number of aliphatic imine (C=N–C) groups is 1. The molecule has 0 aliphatic rings. The molecule has 0 aliphatic carbocycles. The van der Waals surface area contributed by atoms with Crippen molar-refractivity contribution in [3.63, 3.8) is 0 Å². The number of para-hydroxylation sites is 2. The van der Waals surface area contributed by atoms with Crippen molar-refractivity contribution in [3.8, 4) is 17.3 Å². The Kier molecular flexibility index (Phi) is 6.18. The Morgan fingerprint density at radius 1 is 1.00 bits per heavy atom.